The first kappa shape index (κ1) is 24.4. The third-order valence-corrected chi connectivity index (χ3v) is 6.23. The normalized spacial score (nSPS) is 21.4. The van der Waals surface area contributed by atoms with E-state index in [0.29, 0.717) is 18.1 Å². The Hall–Kier alpha value is -0.850. The minimum atomic E-state index is 0.381. The smallest absolute Gasteiger partial charge is 0.193 e. The topological polar surface area (TPSA) is 49.3 Å². The van der Waals surface area contributed by atoms with Gasteiger partial charge in [0, 0.05) is 46.0 Å². The molecule has 2 aliphatic heterocycles. The minimum Gasteiger partial charge on any atom is -0.385 e. The molecular weight excluding hydrogens is 364 g/mol. The SMILES string of the molecule is CCNC(=NCC(C(C)C)N1CCCCCC1)N1CCC(OCCCOC)CC1. The summed E-state index contributed by atoms with van der Waals surface area (Å²) >= 11 is 0. The molecule has 0 aliphatic carbocycles. The summed E-state index contributed by atoms with van der Waals surface area (Å²) in [5.74, 6) is 1.72. The lowest BCUT2D eigenvalue weighted by Crippen LogP contribution is -2.48. The number of nitrogens with one attached hydrogen (secondary N) is 1. The number of hydrogen-bond acceptors (Lipinski definition) is 4. The van der Waals surface area contributed by atoms with Crippen molar-refractivity contribution in [3.63, 3.8) is 0 Å². The Morgan fingerprint density at radius 3 is 2.31 bits per heavy atom. The Balaban J connectivity index is 1.87. The first-order valence-corrected chi connectivity index (χ1v) is 12.0. The Labute approximate surface area is 179 Å². The molecule has 1 unspecified atom stereocenters. The molecule has 0 spiro atoms. The van der Waals surface area contributed by atoms with Gasteiger partial charge in [-0.15, -0.1) is 0 Å². The van der Waals surface area contributed by atoms with Gasteiger partial charge in [-0.1, -0.05) is 26.7 Å². The Kier molecular flexibility index (Phi) is 12.0. The van der Waals surface area contributed by atoms with Crippen LogP contribution in [0.5, 0.6) is 0 Å². The summed E-state index contributed by atoms with van der Waals surface area (Å²) in [6.07, 6.45) is 8.97. The fourth-order valence-electron chi connectivity index (χ4n) is 4.47. The first-order valence-electron chi connectivity index (χ1n) is 12.0. The summed E-state index contributed by atoms with van der Waals surface area (Å²) < 4.78 is 11.1. The number of methoxy groups -OCH3 is 1. The van der Waals surface area contributed by atoms with Crippen LogP contribution >= 0.6 is 0 Å². The van der Waals surface area contributed by atoms with Gasteiger partial charge in [0.25, 0.3) is 0 Å². The average Bonchev–Trinajstić information content (AvgIpc) is 3.00. The molecule has 0 aromatic carbocycles. The van der Waals surface area contributed by atoms with E-state index in [1.165, 1.54) is 38.8 Å². The third-order valence-electron chi connectivity index (χ3n) is 6.23. The summed E-state index contributed by atoms with van der Waals surface area (Å²) in [7, 11) is 1.75. The first-order chi connectivity index (χ1) is 14.2. The Morgan fingerprint density at radius 2 is 1.72 bits per heavy atom. The maximum Gasteiger partial charge on any atom is 0.193 e. The molecule has 2 heterocycles. The average molecular weight is 411 g/mol. The summed E-state index contributed by atoms with van der Waals surface area (Å²) in [5.41, 5.74) is 0. The van der Waals surface area contributed by atoms with Crippen molar-refractivity contribution < 1.29 is 9.47 Å². The molecule has 0 amide bonds. The van der Waals surface area contributed by atoms with Gasteiger partial charge in [-0.3, -0.25) is 9.89 Å². The van der Waals surface area contributed by atoms with Gasteiger partial charge >= 0.3 is 0 Å². The quantitative estimate of drug-likeness (QED) is 0.340. The number of piperidine rings is 1. The van der Waals surface area contributed by atoms with Gasteiger partial charge < -0.3 is 19.7 Å². The van der Waals surface area contributed by atoms with Gasteiger partial charge in [0.15, 0.2) is 5.96 Å². The number of aliphatic imine (C=N–C) groups is 1. The van der Waals surface area contributed by atoms with Gasteiger partial charge in [0.2, 0.25) is 0 Å². The molecule has 0 saturated carbocycles. The van der Waals surface area contributed by atoms with E-state index in [1.807, 2.05) is 0 Å². The number of hydrogen-bond donors (Lipinski definition) is 1. The zero-order valence-corrected chi connectivity index (χ0v) is 19.5. The standard InChI is InChI=1S/C23H46N4O2/c1-5-24-23(27-15-11-21(12-16-27)29-18-10-17-28-4)25-19-22(20(2)3)26-13-8-6-7-9-14-26/h20-22H,5-19H2,1-4H3,(H,24,25). The van der Waals surface area contributed by atoms with Crippen LogP contribution in [0.3, 0.4) is 0 Å². The molecule has 6 nitrogen and oxygen atoms in total. The van der Waals surface area contributed by atoms with Crippen molar-refractivity contribution in [2.75, 3.05) is 59.6 Å². The van der Waals surface area contributed by atoms with Crippen LogP contribution in [0.4, 0.5) is 0 Å². The van der Waals surface area contributed by atoms with Gasteiger partial charge in [-0.2, -0.15) is 0 Å². The molecule has 2 rings (SSSR count). The van der Waals surface area contributed by atoms with Crippen LogP contribution in [0.25, 0.3) is 0 Å². The second-order valence-electron chi connectivity index (χ2n) is 8.86. The van der Waals surface area contributed by atoms with Crippen molar-refractivity contribution in [3.8, 4) is 0 Å². The fourth-order valence-corrected chi connectivity index (χ4v) is 4.47. The number of guanidine groups is 1. The van der Waals surface area contributed by atoms with E-state index in [0.717, 1.165) is 64.6 Å². The predicted octanol–water partition coefficient (Wildman–Crippen LogP) is 3.37. The van der Waals surface area contributed by atoms with E-state index >= 15 is 0 Å². The lowest BCUT2D eigenvalue weighted by atomic mass is 10.0. The summed E-state index contributed by atoms with van der Waals surface area (Å²) in [6.45, 7) is 14.8. The van der Waals surface area contributed by atoms with E-state index in [-0.39, 0.29) is 0 Å². The van der Waals surface area contributed by atoms with E-state index in [4.69, 9.17) is 14.5 Å². The molecule has 2 aliphatic rings. The fraction of sp³-hybridized carbons (Fsp3) is 0.957. The van der Waals surface area contributed by atoms with Crippen molar-refractivity contribution >= 4 is 5.96 Å². The molecule has 170 valence electrons. The second-order valence-corrected chi connectivity index (χ2v) is 8.86. The summed E-state index contributed by atoms with van der Waals surface area (Å²) in [6, 6.07) is 0.545. The molecule has 0 radical (unpaired) electrons. The van der Waals surface area contributed by atoms with Crippen LogP contribution < -0.4 is 5.32 Å². The van der Waals surface area contributed by atoms with Gasteiger partial charge in [-0.25, -0.2) is 0 Å². The van der Waals surface area contributed by atoms with Crippen molar-refractivity contribution in [1.82, 2.24) is 15.1 Å². The van der Waals surface area contributed by atoms with E-state index < -0.39 is 0 Å². The van der Waals surface area contributed by atoms with Crippen LogP contribution in [0.2, 0.25) is 0 Å². The van der Waals surface area contributed by atoms with E-state index in [2.05, 4.69) is 35.9 Å². The summed E-state index contributed by atoms with van der Waals surface area (Å²) in [5, 5.41) is 3.54. The molecule has 0 bridgehead atoms. The highest BCUT2D eigenvalue weighted by atomic mass is 16.5. The van der Waals surface area contributed by atoms with Crippen molar-refractivity contribution in [3.05, 3.63) is 0 Å². The van der Waals surface area contributed by atoms with Crippen LogP contribution in [0, 0.1) is 5.92 Å². The van der Waals surface area contributed by atoms with Crippen molar-refractivity contribution in [1.29, 1.82) is 0 Å². The molecular formula is C23H46N4O2. The summed E-state index contributed by atoms with van der Waals surface area (Å²) in [4.78, 5) is 10.2. The largest absolute Gasteiger partial charge is 0.385 e. The number of ether oxygens (including phenoxy) is 2. The zero-order valence-electron chi connectivity index (χ0n) is 19.5. The van der Waals surface area contributed by atoms with Crippen LogP contribution in [0.1, 0.15) is 65.7 Å². The highest BCUT2D eigenvalue weighted by Gasteiger charge is 2.25. The molecule has 2 saturated heterocycles. The molecule has 29 heavy (non-hydrogen) atoms. The van der Waals surface area contributed by atoms with E-state index in [9.17, 15) is 0 Å². The maximum atomic E-state index is 6.02. The lowest BCUT2D eigenvalue weighted by Gasteiger charge is -2.36. The molecule has 1 atom stereocenters. The lowest BCUT2D eigenvalue weighted by molar-refractivity contribution is 0.00987. The third kappa shape index (κ3) is 8.81. The number of likely N-dealkylation sites (tertiary alicyclic amines) is 2. The molecule has 0 aromatic rings. The van der Waals surface area contributed by atoms with Crippen molar-refractivity contribution in [2.24, 2.45) is 10.9 Å². The highest BCUT2D eigenvalue weighted by molar-refractivity contribution is 5.80. The Bertz CT molecular complexity index is 442. The van der Waals surface area contributed by atoms with Gasteiger partial charge in [-0.05, 0) is 58.0 Å². The zero-order chi connectivity index (χ0) is 20.9. The molecule has 1 N–H and O–H groups in total. The maximum absolute atomic E-state index is 6.02. The van der Waals surface area contributed by atoms with Gasteiger partial charge in [0.05, 0.1) is 12.6 Å². The van der Waals surface area contributed by atoms with Crippen LogP contribution in [-0.4, -0.2) is 87.5 Å². The number of rotatable bonds is 10. The Morgan fingerprint density at radius 1 is 1.03 bits per heavy atom. The monoisotopic (exact) mass is 410 g/mol. The molecule has 2 fully saturated rings. The van der Waals surface area contributed by atoms with Gasteiger partial charge in [0.1, 0.15) is 0 Å². The second kappa shape index (κ2) is 14.2. The highest BCUT2D eigenvalue weighted by Crippen LogP contribution is 2.19. The minimum absolute atomic E-state index is 0.381. The van der Waals surface area contributed by atoms with Crippen LogP contribution in [0.15, 0.2) is 4.99 Å². The van der Waals surface area contributed by atoms with Crippen molar-refractivity contribution in [2.45, 2.75) is 77.9 Å². The van der Waals surface area contributed by atoms with E-state index in [1.54, 1.807) is 7.11 Å². The number of nitrogens with zero attached hydrogens (tertiary/aromatic N) is 3. The molecule has 6 heteroatoms. The van der Waals surface area contributed by atoms with Crippen LogP contribution in [-0.2, 0) is 9.47 Å². The predicted molar refractivity (Wildman–Crippen MR) is 122 cm³/mol. The molecule has 0 aromatic heterocycles.